The van der Waals surface area contributed by atoms with E-state index in [2.05, 4.69) is 20.4 Å². The number of aromatic nitrogens is 5. The molecule has 0 bridgehead atoms. The Kier molecular flexibility index (Phi) is 4.31. The van der Waals surface area contributed by atoms with Gasteiger partial charge in [0, 0.05) is 30.9 Å². The molecule has 4 rings (SSSR count). The van der Waals surface area contributed by atoms with Crippen LogP contribution in [0, 0.1) is 0 Å². The summed E-state index contributed by atoms with van der Waals surface area (Å²) in [4.78, 5) is 8.65. The number of anilines is 2. The molecule has 0 spiro atoms. The van der Waals surface area contributed by atoms with Gasteiger partial charge in [-0.05, 0) is 25.0 Å². The fourth-order valence-corrected chi connectivity index (χ4v) is 3.19. The number of halogens is 1. The summed E-state index contributed by atoms with van der Waals surface area (Å²) in [5, 5.41) is 8.27. The molecule has 3 aromatic rings. The molecule has 0 radical (unpaired) electrons. The van der Waals surface area contributed by atoms with Crippen LogP contribution >= 0.6 is 11.6 Å². The lowest BCUT2D eigenvalue weighted by Gasteiger charge is -2.11. The third-order valence-electron chi connectivity index (χ3n) is 4.28. The zero-order chi connectivity index (χ0) is 17.2. The molecule has 1 N–H and O–H groups in total. The minimum absolute atomic E-state index is 0.438. The van der Waals surface area contributed by atoms with E-state index in [1.54, 1.807) is 19.6 Å². The number of ether oxygens (including phenoxy) is 1. The molecule has 3 heterocycles. The Hall–Kier alpha value is -2.54. The van der Waals surface area contributed by atoms with Gasteiger partial charge in [-0.1, -0.05) is 18.0 Å². The van der Waals surface area contributed by atoms with Crippen molar-refractivity contribution in [2.24, 2.45) is 0 Å². The number of nitrogens with one attached hydrogen (secondary N) is 1. The first-order chi connectivity index (χ1) is 12.2. The molecule has 25 heavy (non-hydrogen) atoms. The molecule has 1 aromatic carbocycles. The van der Waals surface area contributed by atoms with Gasteiger partial charge in [0.05, 0.1) is 12.8 Å². The average Bonchev–Trinajstić information content (AvgIpc) is 3.15. The van der Waals surface area contributed by atoms with Crippen molar-refractivity contribution in [2.45, 2.75) is 32.2 Å². The molecule has 7 nitrogen and oxygen atoms in total. The highest BCUT2D eigenvalue weighted by molar-refractivity contribution is 6.29. The summed E-state index contributed by atoms with van der Waals surface area (Å²) >= 11 is 5.90. The number of rotatable bonds is 4. The molecule has 0 fully saturated rings. The second kappa shape index (κ2) is 6.76. The summed E-state index contributed by atoms with van der Waals surface area (Å²) in [6.07, 6.45) is 7.95. The van der Waals surface area contributed by atoms with E-state index < -0.39 is 0 Å². The molecular weight excluding hydrogens is 340 g/mol. The van der Waals surface area contributed by atoms with Gasteiger partial charge in [-0.15, -0.1) is 5.10 Å². The number of hydrogen-bond acceptors (Lipinski definition) is 5. The van der Waals surface area contributed by atoms with Crippen LogP contribution in [0.15, 0.2) is 30.7 Å². The quantitative estimate of drug-likeness (QED) is 0.771. The number of nitrogens with zero attached hydrogens (tertiary/aromatic N) is 5. The minimum atomic E-state index is 0.438. The van der Waals surface area contributed by atoms with Gasteiger partial charge in [0.1, 0.15) is 23.1 Å². The van der Waals surface area contributed by atoms with Crippen LogP contribution < -0.4 is 10.1 Å². The normalized spacial score (nSPS) is 14.0. The molecule has 0 unspecified atom stereocenters. The molecule has 1 aliphatic heterocycles. The second-order valence-electron chi connectivity index (χ2n) is 6.00. The molecule has 130 valence electrons. The van der Waals surface area contributed by atoms with Crippen molar-refractivity contribution in [3.8, 4) is 11.4 Å². The lowest BCUT2D eigenvalue weighted by molar-refractivity contribution is 0.413. The lowest BCUT2D eigenvalue weighted by atomic mass is 10.2. The standard InChI is InChI=1S/C17H19ClN6O/c1-25-14-9-12(6-7-13(14)23-10-15(18)19-11-23)20-17-21-16-5-3-2-4-8-24(16)22-17/h6-7,9-11H,2-5,8H2,1H3,(H,20,22). The van der Waals surface area contributed by atoms with Crippen molar-refractivity contribution in [3.05, 3.63) is 41.7 Å². The van der Waals surface area contributed by atoms with E-state index in [1.807, 2.05) is 27.4 Å². The van der Waals surface area contributed by atoms with E-state index in [0.29, 0.717) is 16.9 Å². The number of benzene rings is 1. The zero-order valence-electron chi connectivity index (χ0n) is 13.9. The van der Waals surface area contributed by atoms with Gasteiger partial charge in [-0.3, -0.25) is 0 Å². The highest BCUT2D eigenvalue weighted by Gasteiger charge is 2.14. The molecule has 0 saturated carbocycles. The van der Waals surface area contributed by atoms with Gasteiger partial charge in [-0.25, -0.2) is 9.67 Å². The zero-order valence-corrected chi connectivity index (χ0v) is 14.7. The van der Waals surface area contributed by atoms with Crippen LogP contribution in [-0.4, -0.2) is 31.4 Å². The Balaban J connectivity index is 1.59. The Morgan fingerprint density at radius 1 is 1.24 bits per heavy atom. The summed E-state index contributed by atoms with van der Waals surface area (Å²) in [5.74, 6) is 2.38. The molecular formula is C17H19ClN6O. The predicted molar refractivity (Wildman–Crippen MR) is 96.0 cm³/mol. The first-order valence-electron chi connectivity index (χ1n) is 8.31. The predicted octanol–water partition coefficient (Wildman–Crippen LogP) is 3.60. The highest BCUT2D eigenvalue weighted by atomic mass is 35.5. The van der Waals surface area contributed by atoms with Crippen molar-refractivity contribution < 1.29 is 4.74 Å². The van der Waals surface area contributed by atoms with E-state index in [4.69, 9.17) is 16.3 Å². The van der Waals surface area contributed by atoms with Gasteiger partial charge >= 0.3 is 0 Å². The fourth-order valence-electron chi connectivity index (χ4n) is 3.04. The summed E-state index contributed by atoms with van der Waals surface area (Å²) in [6.45, 7) is 0.938. The Morgan fingerprint density at radius 2 is 2.16 bits per heavy atom. The van der Waals surface area contributed by atoms with E-state index in [9.17, 15) is 0 Å². The van der Waals surface area contributed by atoms with Crippen LogP contribution in [-0.2, 0) is 13.0 Å². The maximum atomic E-state index is 5.90. The number of imidazole rings is 1. The van der Waals surface area contributed by atoms with Crippen LogP contribution in [0.25, 0.3) is 5.69 Å². The smallest absolute Gasteiger partial charge is 0.246 e. The van der Waals surface area contributed by atoms with E-state index in [0.717, 1.165) is 36.6 Å². The largest absolute Gasteiger partial charge is 0.494 e. The Labute approximate surface area is 150 Å². The van der Waals surface area contributed by atoms with Gasteiger partial charge in [0.25, 0.3) is 0 Å². The molecule has 0 atom stereocenters. The minimum Gasteiger partial charge on any atom is -0.494 e. The van der Waals surface area contributed by atoms with Crippen molar-refractivity contribution in [2.75, 3.05) is 12.4 Å². The van der Waals surface area contributed by atoms with Gasteiger partial charge in [0.15, 0.2) is 0 Å². The van der Waals surface area contributed by atoms with E-state index >= 15 is 0 Å². The number of hydrogen-bond donors (Lipinski definition) is 1. The molecule has 2 aromatic heterocycles. The topological polar surface area (TPSA) is 69.8 Å². The summed E-state index contributed by atoms with van der Waals surface area (Å²) in [6, 6.07) is 5.81. The first kappa shape index (κ1) is 16.0. The highest BCUT2D eigenvalue weighted by Crippen LogP contribution is 2.28. The van der Waals surface area contributed by atoms with Crippen molar-refractivity contribution in [3.63, 3.8) is 0 Å². The third-order valence-corrected chi connectivity index (χ3v) is 4.48. The van der Waals surface area contributed by atoms with Crippen LogP contribution in [0.5, 0.6) is 5.75 Å². The molecule has 0 saturated heterocycles. The van der Waals surface area contributed by atoms with Gasteiger partial charge in [0.2, 0.25) is 5.95 Å². The van der Waals surface area contributed by atoms with Crippen LogP contribution in [0.1, 0.15) is 25.1 Å². The monoisotopic (exact) mass is 358 g/mol. The van der Waals surface area contributed by atoms with Crippen LogP contribution in [0.3, 0.4) is 0 Å². The maximum absolute atomic E-state index is 5.90. The summed E-state index contributed by atoms with van der Waals surface area (Å²) in [5.41, 5.74) is 1.73. The number of aryl methyl sites for hydroxylation is 2. The number of methoxy groups -OCH3 is 1. The fraction of sp³-hybridized carbons (Fsp3) is 0.353. The molecule has 8 heteroatoms. The molecule has 1 aliphatic rings. The SMILES string of the molecule is COc1cc(Nc2nc3n(n2)CCCCC3)ccc1-n1cnc(Cl)c1. The summed E-state index contributed by atoms with van der Waals surface area (Å²) in [7, 11) is 1.64. The Bertz CT molecular complexity index is 864. The van der Waals surface area contributed by atoms with Gasteiger partial charge < -0.3 is 14.6 Å². The van der Waals surface area contributed by atoms with Crippen molar-refractivity contribution in [1.82, 2.24) is 24.3 Å². The summed E-state index contributed by atoms with van der Waals surface area (Å²) < 4.78 is 9.34. The maximum Gasteiger partial charge on any atom is 0.246 e. The second-order valence-corrected chi connectivity index (χ2v) is 6.39. The number of fused-ring (bicyclic) bond motifs is 1. The Morgan fingerprint density at radius 3 is 2.96 bits per heavy atom. The molecule has 0 amide bonds. The lowest BCUT2D eigenvalue weighted by Crippen LogP contribution is -2.02. The van der Waals surface area contributed by atoms with E-state index in [1.165, 1.54) is 12.8 Å². The molecule has 0 aliphatic carbocycles. The van der Waals surface area contributed by atoms with E-state index in [-0.39, 0.29) is 0 Å². The first-order valence-corrected chi connectivity index (χ1v) is 8.69. The van der Waals surface area contributed by atoms with Crippen molar-refractivity contribution >= 4 is 23.2 Å². The van der Waals surface area contributed by atoms with Crippen molar-refractivity contribution in [1.29, 1.82) is 0 Å². The van der Waals surface area contributed by atoms with Gasteiger partial charge in [-0.2, -0.15) is 4.98 Å². The van der Waals surface area contributed by atoms with Crippen LogP contribution in [0.2, 0.25) is 5.15 Å². The third kappa shape index (κ3) is 3.32. The van der Waals surface area contributed by atoms with Crippen LogP contribution in [0.4, 0.5) is 11.6 Å². The average molecular weight is 359 g/mol.